The number of rotatable bonds is 3. The lowest BCUT2D eigenvalue weighted by Crippen LogP contribution is -2.05. The maximum atomic E-state index is 11.9. The number of carbonyl (C=O) groups is 2. The van der Waals surface area contributed by atoms with Gasteiger partial charge in [-0.1, -0.05) is 18.2 Å². The quantitative estimate of drug-likeness (QED) is 0.533. The standard InChI is InChI=1S/C18H13NO5/c1-11(20)23-14-8-7-13(16(21)10-14)9-15-18(22)24-17(19-15)12-5-3-2-4-6-12/h2-10,21H,1H3. The Bertz CT molecular complexity index is 868. The highest BCUT2D eigenvalue weighted by molar-refractivity contribution is 6.12. The molecule has 1 heterocycles. The molecule has 6 heteroatoms. The van der Waals surface area contributed by atoms with Gasteiger partial charge in [0.05, 0.1) is 0 Å². The van der Waals surface area contributed by atoms with E-state index in [1.54, 1.807) is 12.1 Å². The third-order valence-corrected chi connectivity index (χ3v) is 3.20. The molecule has 1 aliphatic heterocycles. The van der Waals surface area contributed by atoms with Crippen LogP contribution in [-0.2, 0) is 14.3 Å². The summed E-state index contributed by atoms with van der Waals surface area (Å²) < 4.78 is 10.0. The minimum atomic E-state index is -0.600. The van der Waals surface area contributed by atoms with E-state index in [9.17, 15) is 14.7 Å². The van der Waals surface area contributed by atoms with Crippen LogP contribution in [0.5, 0.6) is 11.5 Å². The molecule has 1 aliphatic rings. The lowest BCUT2D eigenvalue weighted by molar-refractivity contribution is -0.132. The van der Waals surface area contributed by atoms with Crippen molar-refractivity contribution in [3.8, 4) is 11.5 Å². The first-order valence-electron chi connectivity index (χ1n) is 7.12. The van der Waals surface area contributed by atoms with Crippen LogP contribution in [0, 0.1) is 0 Å². The van der Waals surface area contributed by atoms with Crippen molar-refractivity contribution in [1.82, 2.24) is 0 Å². The van der Waals surface area contributed by atoms with Crippen LogP contribution in [0.25, 0.3) is 6.08 Å². The van der Waals surface area contributed by atoms with Crippen LogP contribution in [0.4, 0.5) is 0 Å². The zero-order valence-electron chi connectivity index (χ0n) is 12.7. The molecule has 0 fully saturated rings. The van der Waals surface area contributed by atoms with E-state index in [-0.39, 0.29) is 23.1 Å². The van der Waals surface area contributed by atoms with Gasteiger partial charge in [-0.05, 0) is 30.3 Å². The van der Waals surface area contributed by atoms with Crippen molar-refractivity contribution in [3.63, 3.8) is 0 Å². The number of hydrogen-bond acceptors (Lipinski definition) is 6. The predicted molar refractivity (Wildman–Crippen MR) is 86.5 cm³/mol. The lowest BCUT2D eigenvalue weighted by Gasteiger charge is -2.04. The molecule has 0 atom stereocenters. The summed E-state index contributed by atoms with van der Waals surface area (Å²) in [7, 11) is 0. The fraction of sp³-hybridized carbons (Fsp3) is 0.0556. The Kier molecular flexibility index (Phi) is 4.11. The summed E-state index contributed by atoms with van der Waals surface area (Å²) >= 11 is 0. The molecule has 120 valence electrons. The predicted octanol–water partition coefficient (Wildman–Crippen LogP) is 2.66. The van der Waals surface area contributed by atoms with Gasteiger partial charge in [0.1, 0.15) is 11.5 Å². The number of phenolic OH excluding ortho intramolecular Hbond substituents is 1. The monoisotopic (exact) mass is 323 g/mol. The highest BCUT2D eigenvalue weighted by Crippen LogP contribution is 2.27. The number of nitrogens with zero attached hydrogens (tertiary/aromatic N) is 1. The number of aliphatic imine (C=N–C) groups is 1. The Balaban J connectivity index is 1.89. The van der Waals surface area contributed by atoms with Crippen molar-refractivity contribution in [2.24, 2.45) is 4.99 Å². The SMILES string of the molecule is CC(=O)Oc1ccc(C=C2N=C(c3ccccc3)OC2=O)c(O)c1. The molecule has 0 aromatic heterocycles. The van der Waals surface area contributed by atoms with Crippen LogP contribution in [0.3, 0.4) is 0 Å². The van der Waals surface area contributed by atoms with Crippen molar-refractivity contribution < 1.29 is 24.2 Å². The van der Waals surface area contributed by atoms with E-state index in [1.165, 1.54) is 31.2 Å². The molecular weight excluding hydrogens is 310 g/mol. The van der Waals surface area contributed by atoms with Crippen LogP contribution in [0.2, 0.25) is 0 Å². The van der Waals surface area contributed by atoms with Crippen LogP contribution in [0.15, 0.2) is 59.2 Å². The molecule has 0 radical (unpaired) electrons. The van der Waals surface area contributed by atoms with Gasteiger partial charge in [-0.3, -0.25) is 4.79 Å². The molecular formula is C18H13NO5. The van der Waals surface area contributed by atoms with E-state index in [1.807, 2.05) is 18.2 Å². The molecule has 0 spiro atoms. The van der Waals surface area contributed by atoms with E-state index < -0.39 is 11.9 Å². The molecule has 0 unspecified atom stereocenters. The minimum Gasteiger partial charge on any atom is -0.507 e. The Hall–Kier alpha value is -3.41. The first-order valence-corrected chi connectivity index (χ1v) is 7.12. The molecule has 24 heavy (non-hydrogen) atoms. The number of hydrogen-bond donors (Lipinski definition) is 1. The minimum absolute atomic E-state index is 0.0735. The molecule has 0 amide bonds. The molecule has 6 nitrogen and oxygen atoms in total. The zero-order valence-corrected chi connectivity index (χ0v) is 12.7. The van der Waals surface area contributed by atoms with Gasteiger partial charge in [0.15, 0.2) is 5.70 Å². The Morgan fingerprint density at radius 1 is 1.21 bits per heavy atom. The number of phenols is 1. The van der Waals surface area contributed by atoms with Gasteiger partial charge in [-0.25, -0.2) is 9.79 Å². The second kappa shape index (κ2) is 6.37. The van der Waals surface area contributed by atoms with E-state index in [2.05, 4.69) is 4.99 Å². The molecule has 2 aromatic rings. The summed E-state index contributed by atoms with van der Waals surface area (Å²) in [6.07, 6.45) is 1.41. The van der Waals surface area contributed by atoms with Crippen LogP contribution in [0.1, 0.15) is 18.1 Å². The third kappa shape index (κ3) is 3.33. The number of esters is 2. The van der Waals surface area contributed by atoms with Crippen LogP contribution in [-0.4, -0.2) is 22.9 Å². The fourth-order valence-corrected chi connectivity index (χ4v) is 2.14. The number of cyclic esters (lactones) is 1. The first-order chi connectivity index (χ1) is 11.5. The second-order valence-corrected chi connectivity index (χ2v) is 5.02. The van der Waals surface area contributed by atoms with Gasteiger partial charge >= 0.3 is 11.9 Å². The smallest absolute Gasteiger partial charge is 0.363 e. The number of ether oxygens (including phenoxy) is 2. The van der Waals surface area contributed by atoms with Gasteiger partial charge in [-0.15, -0.1) is 0 Å². The number of benzene rings is 2. The summed E-state index contributed by atoms with van der Waals surface area (Å²) in [6.45, 7) is 1.27. The molecule has 0 saturated heterocycles. The average molecular weight is 323 g/mol. The topological polar surface area (TPSA) is 85.2 Å². The van der Waals surface area contributed by atoms with Crippen molar-refractivity contribution in [3.05, 3.63) is 65.4 Å². The molecule has 3 rings (SSSR count). The molecule has 0 bridgehead atoms. The van der Waals surface area contributed by atoms with Gasteiger partial charge < -0.3 is 14.6 Å². The maximum absolute atomic E-state index is 11.9. The largest absolute Gasteiger partial charge is 0.507 e. The van der Waals surface area contributed by atoms with Gasteiger partial charge in [0.2, 0.25) is 5.90 Å². The Morgan fingerprint density at radius 2 is 1.96 bits per heavy atom. The summed E-state index contributed by atoms with van der Waals surface area (Å²) in [5.74, 6) is -0.806. The number of aromatic hydroxyl groups is 1. The number of carbonyl (C=O) groups excluding carboxylic acids is 2. The second-order valence-electron chi connectivity index (χ2n) is 5.02. The van der Waals surface area contributed by atoms with Crippen LogP contribution >= 0.6 is 0 Å². The van der Waals surface area contributed by atoms with E-state index in [4.69, 9.17) is 9.47 Å². The normalized spacial score (nSPS) is 15.1. The first kappa shape index (κ1) is 15.5. The zero-order chi connectivity index (χ0) is 17.1. The molecule has 2 aromatic carbocycles. The van der Waals surface area contributed by atoms with Gasteiger partial charge in [-0.2, -0.15) is 0 Å². The lowest BCUT2D eigenvalue weighted by atomic mass is 10.1. The Morgan fingerprint density at radius 3 is 2.62 bits per heavy atom. The van der Waals surface area contributed by atoms with Crippen molar-refractivity contribution >= 4 is 23.9 Å². The highest BCUT2D eigenvalue weighted by atomic mass is 16.6. The summed E-state index contributed by atoms with van der Waals surface area (Å²) in [5.41, 5.74) is 1.11. The maximum Gasteiger partial charge on any atom is 0.363 e. The van der Waals surface area contributed by atoms with Crippen molar-refractivity contribution in [2.75, 3.05) is 0 Å². The van der Waals surface area contributed by atoms with E-state index >= 15 is 0 Å². The summed E-state index contributed by atoms with van der Waals surface area (Å²) in [4.78, 5) is 27.0. The highest BCUT2D eigenvalue weighted by Gasteiger charge is 2.24. The fourth-order valence-electron chi connectivity index (χ4n) is 2.14. The molecule has 0 aliphatic carbocycles. The Labute approximate surface area is 137 Å². The van der Waals surface area contributed by atoms with E-state index in [0.29, 0.717) is 11.1 Å². The summed E-state index contributed by atoms with van der Waals surface area (Å²) in [6, 6.07) is 13.3. The van der Waals surface area contributed by atoms with Crippen LogP contribution < -0.4 is 4.74 Å². The van der Waals surface area contributed by atoms with Crippen molar-refractivity contribution in [2.45, 2.75) is 6.92 Å². The third-order valence-electron chi connectivity index (χ3n) is 3.20. The van der Waals surface area contributed by atoms with Gasteiger partial charge in [0, 0.05) is 24.1 Å². The van der Waals surface area contributed by atoms with E-state index in [0.717, 1.165) is 0 Å². The van der Waals surface area contributed by atoms with Crippen molar-refractivity contribution in [1.29, 1.82) is 0 Å². The molecule has 1 N–H and O–H groups in total. The summed E-state index contributed by atoms with van der Waals surface area (Å²) in [5, 5.41) is 10.00. The molecule has 0 saturated carbocycles. The average Bonchev–Trinajstić information content (AvgIpc) is 2.91. The van der Waals surface area contributed by atoms with Gasteiger partial charge in [0.25, 0.3) is 0 Å².